The zero-order valence-corrected chi connectivity index (χ0v) is 11.3. The number of nitrogens with zero attached hydrogens (tertiary/aromatic N) is 2. The summed E-state index contributed by atoms with van der Waals surface area (Å²) in [7, 11) is 0. The van der Waals surface area contributed by atoms with Crippen molar-refractivity contribution in [1.82, 2.24) is 9.97 Å². The zero-order valence-electron chi connectivity index (χ0n) is 11.3. The van der Waals surface area contributed by atoms with Crippen molar-refractivity contribution in [2.24, 2.45) is 0 Å². The molecule has 0 N–H and O–H groups in total. The van der Waals surface area contributed by atoms with Crippen LogP contribution in [-0.2, 0) is 0 Å². The third kappa shape index (κ3) is 5.25. The Balaban J connectivity index is 0.000000171. The van der Waals surface area contributed by atoms with Crippen LogP contribution in [0.3, 0.4) is 0 Å². The summed E-state index contributed by atoms with van der Waals surface area (Å²) in [5, 5.41) is 0. The summed E-state index contributed by atoms with van der Waals surface area (Å²) in [6.45, 7) is 10.1. The Kier molecular flexibility index (Phi) is 4.83. The minimum atomic E-state index is 1.08. The van der Waals surface area contributed by atoms with Gasteiger partial charge in [0.1, 0.15) is 0 Å². The van der Waals surface area contributed by atoms with E-state index in [1.165, 1.54) is 11.1 Å². The fraction of sp³-hybridized carbons (Fsp3) is 0.333. The Bertz CT molecular complexity index is 401. The van der Waals surface area contributed by atoms with Crippen LogP contribution in [0.2, 0.25) is 0 Å². The highest BCUT2D eigenvalue weighted by molar-refractivity contribution is 5.18. The average Bonchev–Trinajstić information content (AvgIpc) is 2.21. The first-order chi connectivity index (χ1) is 7.97. The Morgan fingerprint density at radius 1 is 0.706 bits per heavy atom. The highest BCUT2D eigenvalue weighted by atomic mass is 14.7. The summed E-state index contributed by atoms with van der Waals surface area (Å²) in [5.74, 6) is 0. The molecule has 0 saturated heterocycles. The van der Waals surface area contributed by atoms with Crippen molar-refractivity contribution in [3.63, 3.8) is 0 Å². The van der Waals surface area contributed by atoms with E-state index in [1.807, 2.05) is 40.0 Å². The molecule has 0 saturated carbocycles. The molecule has 17 heavy (non-hydrogen) atoms. The van der Waals surface area contributed by atoms with E-state index in [-0.39, 0.29) is 0 Å². The SMILES string of the molecule is Cc1cc(C)nc(C)c1.Cc1ccc(C)nc1. The van der Waals surface area contributed by atoms with Gasteiger partial charge in [0.2, 0.25) is 0 Å². The predicted octanol–water partition coefficient (Wildman–Crippen LogP) is 3.71. The first-order valence-corrected chi connectivity index (χ1v) is 5.78. The fourth-order valence-corrected chi connectivity index (χ4v) is 1.59. The molecule has 90 valence electrons. The fourth-order valence-electron chi connectivity index (χ4n) is 1.59. The van der Waals surface area contributed by atoms with Gasteiger partial charge in [0.05, 0.1) is 0 Å². The van der Waals surface area contributed by atoms with Gasteiger partial charge in [-0.2, -0.15) is 0 Å². The summed E-state index contributed by atoms with van der Waals surface area (Å²) in [6, 6.07) is 8.22. The van der Waals surface area contributed by atoms with Gasteiger partial charge in [-0.25, -0.2) is 0 Å². The number of aryl methyl sites for hydroxylation is 5. The van der Waals surface area contributed by atoms with Crippen molar-refractivity contribution < 1.29 is 0 Å². The maximum absolute atomic E-state index is 4.23. The highest BCUT2D eigenvalue weighted by Gasteiger charge is 1.88. The zero-order chi connectivity index (χ0) is 12.8. The molecule has 0 unspecified atom stereocenters. The van der Waals surface area contributed by atoms with E-state index < -0.39 is 0 Å². The van der Waals surface area contributed by atoms with E-state index >= 15 is 0 Å². The van der Waals surface area contributed by atoms with Crippen LogP contribution in [0.5, 0.6) is 0 Å². The Morgan fingerprint density at radius 3 is 1.65 bits per heavy atom. The molecule has 0 aliphatic heterocycles. The van der Waals surface area contributed by atoms with Crippen molar-refractivity contribution in [2.75, 3.05) is 0 Å². The molecule has 2 heteroatoms. The molecule has 2 nitrogen and oxygen atoms in total. The second kappa shape index (κ2) is 6.14. The van der Waals surface area contributed by atoms with Crippen LogP contribution in [0, 0.1) is 34.6 Å². The molecule has 0 radical (unpaired) electrons. The number of hydrogen-bond acceptors (Lipinski definition) is 2. The van der Waals surface area contributed by atoms with E-state index in [2.05, 4.69) is 35.1 Å². The molecular formula is C15H20N2. The Morgan fingerprint density at radius 2 is 1.29 bits per heavy atom. The first kappa shape index (κ1) is 13.4. The monoisotopic (exact) mass is 228 g/mol. The van der Waals surface area contributed by atoms with Crippen LogP contribution >= 0.6 is 0 Å². The maximum Gasteiger partial charge on any atom is 0.0378 e. The van der Waals surface area contributed by atoms with E-state index in [0.717, 1.165) is 17.1 Å². The first-order valence-electron chi connectivity index (χ1n) is 5.78. The van der Waals surface area contributed by atoms with Crippen LogP contribution < -0.4 is 0 Å². The van der Waals surface area contributed by atoms with E-state index in [9.17, 15) is 0 Å². The molecule has 0 bridgehead atoms. The van der Waals surface area contributed by atoms with Crippen molar-refractivity contribution in [2.45, 2.75) is 34.6 Å². The van der Waals surface area contributed by atoms with E-state index in [4.69, 9.17) is 0 Å². The molecular weight excluding hydrogens is 208 g/mol. The van der Waals surface area contributed by atoms with Crippen molar-refractivity contribution in [1.29, 1.82) is 0 Å². The molecule has 0 aliphatic carbocycles. The molecule has 2 aromatic rings. The van der Waals surface area contributed by atoms with E-state index in [0.29, 0.717) is 0 Å². The van der Waals surface area contributed by atoms with Gasteiger partial charge in [0.15, 0.2) is 0 Å². The van der Waals surface area contributed by atoms with Gasteiger partial charge in [-0.15, -0.1) is 0 Å². The lowest BCUT2D eigenvalue weighted by Crippen LogP contribution is -1.85. The molecule has 0 spiro atoms. The van der Waals surface area contributed by atoms with Crippen LogP contribution in [0.25, 0.3) is 0 Å². The van der Waals surface area contributed by atoms with Gasteiger partial charge in [-0.3, -0.25) is 9.97 Å². The third-order valence-corrected chi connectivity index (χ3v) is 2.29. The molecule has 0 amide bonds. The number of pyridine rings is 2. The van der Waals surface area contributed by atoms with Gasteiger partial charge >= 0.3 is 0 Å². The minimum absolute atomic E-state index is 1.08. The lowest BCUT2D eigenvalue weighted by molar-refractivity contribution is 1.10. The highest BCUT2D eigenvalue weighted by Crippen LogP contribution is 2.01. The largest absolute Gasteiger partial charge is 0.261 e. The van der Waals surface area contributed by atoms with Gasteiger partial charge in [0, 0.05) is 23.3 Å². The second-order valence-corrected chi connectivity index (χ2v) is 4.40. The quantitative estimate of drug-likeness (QED) is 0.687. The van der Waals surface area contributed by atoms with Gasteiger partial charge < -0.3 is 0 Å². The predicted molar refractivity (Wildman–Crippen MR) is 72.2 cm³/mol. The average molecular weight is 228 g/mol. The normalized spacial score (nSPS) is 9.47. The minimum Gasteiger partial charge on any atom is -0.261 e. The number of rotatable bonds is 0. The maximum atomic E-state index is 4.23. The number of aromatic nitrogens is 2. The smallest absolute Gasteiger partial charge is 0.0378 e. The standard InChI is InChI=1S/C8H11N.C7H9N/c1-6-4-7(2)9-8(3)5-6;1-6-3-4-7(2)8-5-6/h4-5H,1-3H3;3-5H,1-2H3. The molecule has 2 aromatic heterocycles. The molecule has 0 fully saturated rings. The Labute approximate surface area is 104 Å². The molecule has 2 heterocycles. The van der Waals surface area contributed by atoms with Crippen molar-refractivity contribution in [3.8, 4) is 0 Å². The summed E-state index contributed by atoms with van der Waals surface area (Å²) in [6.07, 6.45) is 1.87. The van der Waals surface area contributed by atoms with Crippen molar-refractivity contribution in [3.05, 3.63) is 58.7 Å². The molecule has 0 atom stereocenters. The molecule has 0 aliphatic rings. The lowest BCUT2D eigenvalue weighted by Gasteiger charge is -1.96. The molecule has 0 aromatic carbocycles. The summed E-state index contributed by atoms with van der Waals surface area (Å²) in [5.41, 5.74) is 5.80. The van der Waals surface area contributed by atoms with Crippen LogP contribution in [-0.4, -0.2) is 9.97 Å². The summed E-state index contributed by atoms with van der Waals surface area (Å²) in [4.78, 5) is 8.31. The second-order valence-electron chi connectivity index (χ2n) is 4.40. The van der Waals surface area contributed by atoms with Gasteiger partial charge in [-0.1, -0.05) is 6.07 Å². The van der Waals surface area contributed by atoms with Crippen molar-refractivity contribution >= 4 is 0 Å². The number of hydrogen-bond donors (Lipinski definition) is 0. The summed E-state index contributed by atoms with van der Waals surface area (Å²) >= 11 is 0. The molecule has 2 rings (SSSR count). The van der Waals surface area contributed by atoms with Gasteiger partial charge in [-0.05, 0) is 63.9 Å². The van der Waals surface area contributed by atoms with Crippen LogP contribution in [0.1, 0.15) is 28.2 Å². The van der Waals surface area contributed by atoms with Gasteiger partial charge in [0.25, 0.3) is 0 Å². The lowest BCUT2D eigenvalue weighted by atomic mass is 10.2. The van der Waals surface area contributed by atoms with Crippen LogP contribution in [0.15, 0.2) is 30.5 Å². The Hall–Kier alpha value is -1.70. The topological polar surface area (TPSA) is 25.8 Å². The van der Waals surface area contributed by atoms with Crippen LogP contribution in [0.4, 0.5) is 0 Å². The summed E-state index contributed by atoms with van der Waals surface area (Å²) < 4.78 is 0. The third-order valence-electron chi connectivity index (χ3n) is 2.29. The van der Waals surface area contributed by atoms with E-state index in [1.54, 1.807) is 0 Å².